The van der Waals surface area contributed by atoms with E-state index in [1.54, 1.807) is 0 Å². The van der Waals surface area contributed by atoms with Crippen LogP contribution in [0.4, 0.5) is 0 Å². The molecule has 0 aromatic heterocycles. The molecule has 186 valence electrons. The molecule has 0 bridgehead atoms. The van der Waals surface area contributed by atoms with Gasteiger partial charge in [0.25, 0.3) is 0 Å². The molecular formula is C25H50O6. The number of rotatable bonds is 23. The highest BCUT2D eigenvalue weighted by Crippen LogP contribution is 2.11. The summed E-state index contributed by atoms with van der Waals surface area (Å²) in [5.41, 5.74) is -0.481. The number of unbranched alkanes of at least 4 members (excludes halogenated alkanes) is 10. The molecule has 0 amide bonds. The Morgan fingerprint density at radius 2 is 0.935 bits per heavy atom. The summed E-state index contributed by atoms with van der Waals surface area (Å²) in [6, 6.07) is 0. The Kier molecular flexibility index (Phi) is 22.0. The maximum Gasteiger partial charge on any atom is 0.332 e. The quantitative estimate of drug-likeness (QED) is 0.148. The van der Waals surface area contributed by atoms with E-state index < -0.39 is 5.60 Å². The Morgan fingerprint density at radius 1 is 0.548 bits per heavy atom. The van der Waals surface area contributed by atoms with Crippen LogP contribution in [0.2, 0.25) is 0 Å². The number of ether oxygens (including phenoxy) is 5. The van der Waals surface area contributed by atoms with Gasteiger partial charge in [-0.2, -0.15) is 0 Å². The van der Waals surface area contributed by atoms with E-state index in [0.717, 1.165) is 13.0 Å². The highest BCUT2D eigenvalue weighted by molar-refractivity contribution is 5.71. The van der Waals surface area contributed by atoms with Gasteiger partial charge in [0.2, 0.25) is 0 Å². The van der Waals surface area contributed by atoms with E-state index >= 15 is 0 Å². The van der Waals surface area contributed by atoms with Crippen molar-refractivity contribution in [3.05, 3.63) is 0 Å². The van der Waals surface area contributed by atoms with Crippen molar-refractivity contribution in [3.8, 4) is 0 Å². The Balaban J connectivity index is 3.10. The fourth-order valence-electron chi connectivity index (χ4n) is 3.05. The van der Waals surface area contributed by atoms with Gasteiger partial charge in [-0.05, 0) is 27.2 Å². The van der Waals surface area contributed by atoms with Crippen LogP contribution in [0.15, 0.2) is 0 Å². The summed E-state index contributed by atoms with van der Waals surface area (Å²) in [6.07, 6.45) is 14.9. The van der Waals surface area contributed by atoms with Crippen molar-refractivity contribution in [2.75, 3.05) is 52.9 Å². The molecule has 6 heteroatoms. The van der Waals surface area contributed by atoms with Gasteiger partial charge in [-0.3, -0.25) is 0 Å². The molecule has 0 fully saturated rings. The molecule has 0 spiro atoms. The van der Waals surface area contributed by atoms with Gasteiger partial charge in [-0.15, -0.1) is 0 Å². The zero-order valence-electron chi connectivity index (χ0n) is 20.9. The van der Waals surface area contributed by atoms with E-state index in [0.29, 0.717) is 39.6 Å². The van der Waals surface area contributed by atoms with Gasteiger partial charge in [0, 0.05) is 6.61 Å². The van der Waals surface area contributed by atoms with Crippen LogP contribution in [0, 0.1) is 0 Å². The summed E-state index contributed by atoms with van der Waals surface area (Å²) in [7, 11) is 0. The molecule has 0 N–H and O–H groups in total. The summed E-state index contributed by atoms with van der Waals surface area (Å²) in [5.74, 6) is -0.357. The van der Waals surface area contributed by atoms with Crippen molar-refractivity contribution in [2.24, 2.45) is 0 Å². The molecule has 0 aromatic carbocycles. The first-order chi connectivity index (χ1) is 15.0. The van der Waals surface area contributed by atoms with Crippen molar-refractivity contribution >= 4 is 5.97 Å². The maximum atomic E-state index is 11.4. The highest BCUT2D eigenvalue weighted by atomic mass is 16.6. The summed E-state index contributed by atoms with van der Waals surface area (Å²) in [4.78, 5) is 11.4. The Labute approximate surface area is 191 Å². The molecule has 0 heterocycles. The fraction of sp³-hybridized carbons (Fsp3) is 0.960. The van der Waals surface area contributed by atoms with E-state index in [1.807, 2.05) is 20.8 Å². The van der Waals surface area contributed by atoms with Gasteiger partial charge >= 0.3 is 5.97 Å². The minimum atomic E-state index is -0.481. The Hall–Kier alpha value is -0.690. The first kappa shape index (κ1) is 30.3. The maximum absolute atomic E-state index is 11.4. The van der Waals surface area contributed by atoms with E-state index in [1.165, 1.54) is 64.2 Å². The standard InChI is InChI=1S/C25H50O6/c1-5-6-7-8-9-10-11-12-13-14-15-16-27-17-18-28-19-20-29-21-22-30-23-24(26)31-25(2,3)4/h5-23H2,1-4H3. The molecule has 0 unspecified atom stereocenters. The van der Waals surface area contributed by atoms with Crippen LogP contribution in [0.1, 0.15) is 98.3 Å². The van der Waals surface area contributed by atoms with Crippen molar-refractivity contribution in [3.63, 3.8) is 0 Å². The van der Waals surface area contributed by atoms with Crippen LogP contribution >= 0.6 is 0 Å². The molecule has 0 saturated carbocycles. The van der Waals surface area contributed by atoms with E-state index in [2.05, 4.69) is 6.92 Å². The molecule has 6 nitrogen and oxygen atoms in total. The molecule has 31 heavy (non-hydrogen) atoms. The van der Waals surface area contributed by atoms with Crippen LogP contribution in [-0.4, -0.2) is 64.4 Å². The fourth-order valence-corrected chi connectivity index (χ4v) is 3.05. The molecule has 0 atom stereocenters. The third-order valence-electron chi connectivity index (χ3n) is 4.65. The highest BCUT2D eigenvalue weighted by Gasteiger charge is 2.15. The van der Waals surface area contributed by atoms with Gasteiger partial charge in [0.15, 0.2) is 0 Å². The van der Waals surface area contributed by atoms with E-state index in [9.17, 15) is 4.79 Å². The molecule has 0 rings (SSSR count). The zero-order valence-corrected chi connectivity index (χ0v) is 20.9. The Bertz CT molecular complexity index is 381. The van der Waals surface area contributed by atoms with Gasteiger partial charge in [-0.25, -0.2) is 4.79 Å². The number of hydrogen-bond donors (Lipinski definition) is 0. The molecule has 0 aromatic rings. The lowest BCUT2D eigenvalue weighted by molar-refractivity contribution is -0.160. The third-order valence-corrected chi connectivity index (χ3v) is 4.65. The van der Waals surface area contributed by atoms with Crippen LogP contribution in [0.3, 0.4) is 0 Å². The summed E-state index contributed by atoms with van der Waals surface area (Å²) in [5, 5.41) is 0. The largest absolute Gasteiger partial charge is 0.458 e. The third kappa shape index (κ3) is 27.3. The van der Waals surface area contributed by atoms with Gasteiger partial charge in [0.1, 0.15) is 12.2 Å². The normalized spacial score (nSPS) is 11.7. The predicted molar refractivity (Wildman–Crippen MR) is 126 cm³/mol. The second-order valence-electron chi connectivity index (χ2n) is 9.01. The number of carbonyl (C=O) groups is 1. The zero-order chi connectivity index (χ0) is 23.0. The van der Waals surface area contributed by atoms with E-state index in [-0.39, 0.29) is 12.6 Å². The molecular weight excluding hydrogens is 396 g/mol. The van der Waals surface area contributed by atoms with Crippen LogP contribution in [-0.2, 0) is 28.5 Å². The summed E-state index contributed by atoms with van der Waals surface area (Å²) < 4.78 is 26.8. The second kappa shape index (κ2) is 22.5. The summed E-state index contributed by atoms with van der Waals surface area (Å²) in [6.45, 7) is 11.6. The monoisotopic (exact) mass is 446 g/mol. The Morgan fingerprint density at radius 3 is 1.39 bits per heavy atom. The molecule has 0 aliphatic carbocycles. The summed E-state index contributed by atoms with van der Waals surface area (Å²) >= 11 is 0. The minimum Gasteiger partial charge on any atom is -0.458 e. The van der Waals surface area contributed by atoms with Crippen LogP contribution in [0.5, 0.6) is 0 Å². The van der Waals surface area contributed by atoms with Crippen LogP contribution in [0.25, 0.3) is 0 Å². The smallest absolute Gasteiger partial charge is 0.332 e. The van der Waals surface area contributed by atoms with Crippen molar-refractivity contribution in [1.82, 2.24) is 0 Å². The minimum absolute atomic E-state index is 0.0480. The predicted octanol–water partition coefficient (Wildman–Crippen LogP) is 5.71. The van der Waals surface area contributed by atoms with Gasteiger partial charge < -0.3 is 23.7 Å². The SMILES string of the molecule is CCCCCCCCCCCCCOCCOCCOCCOCC(=O)OC(C)(C)C. The molecule has 0 radical (unpaired) electrons. The van der Waals surface area contributed by atoms with Gasteiger partial charge in [0.05, 0.1) is 39.6 Å². The van der Waals surface area contributed by atoms with Crippen molar-refractivity contribution in [1.29, 1.82) is 0 Å². The average Bonchev–Trinajstić information content (AvgIpc) is 2.70. The molecule has 0 aliphatic rings. The van der Waals surface area contributed by atoms with Gasteiger partial charge in [-0.1, -0.05) is 71.1 Å². The van der Waals surface area contributed by atoms with Crippen molar-refractivity contribution in [2.45, 2.75) is 104 Å². The average molecular weight is 447 g/mol. The first-order valence-corrected chi connectivity index (χ1v) is 12.5. The molecule has 0 saturated heterocycles. The van der Waals surface area contributed by atoms with Crippen molar-refractivity contribution < 1.29 is 28.5 Å². The first-order valence-electron chi connectivity index (χ1n) is 12.5. The van der Waals surface area contributed by atoms with Crippen LogP contribution < -0.4 is 0 Å². The lowest BCUT2D eigenvalue weighted by Gasteiger charge is -2.19. The number of esters is 1. The number of hydrogen-bond acceptors (Lipinski definition) is 6. The molecule has 0 aliphatic heterocycles. The second-order valence-corrected chi connectivity index (χ2v) is 9.01. The number of carbonyl (C=O) groups excluding carboxylic acids is 1. The lowest BCUT2D eigenvalue weighted by atomic mass is 10.1. The van der Waals surface area contributed by atoms with E-state index in [4.69, 9.17) is 23.7 Å². The topological polar surface area (TPSA) is 63.2 Å². The lowest BCUT2D eigenvalue weighted by Crippen LogP contribution is -2.27.